The van der Waals surface area contributed by atoms with Crippen molar-refractivity contribution in [2.75, 3.05) is 19.6 Å². The van der Waals surface area contributed by atoms with E-state index in [1.54, 1.807) is 4.90 Å². The number of hydrogen-bond donors (Lipinski definition) is 0. The molecule has 0 aromatic heterocycles. The Morgan fingerprint density at radius 1 is 1.11 bits per heavy atom. The fourth-order valence-corrected chi connectivity index (χ4v) is 4.47. The highest BCUT2D eigenvalue weighted by Crippen LogP contribution is 2.34. The summed E-state index contributed by atoms with van der Waals surface area (Å²) in [5, 5.41) is 0.678. The number of carbonyl (C=O) groups excluding carboxylic acids is 2. The van der Waals surface area contributed by atoms with Gasteiger partial charge in [-0.15, -0.1) is 0 Å². The highest BCUT2D eigenvalue weighted by atomic mass is 35.5. The Labute approximate surface area is 171 Å². The Bertz CT molecular complexity index is 868. The number of fused-ring (bicyclic) bond motifs is 3. The second-order valence-electron chi connectivity index (χ2n) is 7.66. The molecule has 0 radical (unpaired) electrons. The summed E-state index contributed by atoms with van der Waals surface area (Å²) in [6.07, 6.45) is 4.15. The van der Waals surface area contributed by atoms with Crippen LogP contribution in [0.4, 0.5) is 0 Å². The topological polar surface area (TPSA) is 40.6 Å². The molecule has 0 N–H and O–H groups in total. The molecule has 2 aliphatic heterocycles. The van der Waals surface area contributed by atoms with Gasteiger partial charge in [-0.1, -0.05) is 48.0 Å². The minimum absolute atomic E-state index is 0.0412. The van der Waals surface area contributed by atoms with Gasteiger partial charge in [0.05, 0.1) is 12.6 Å². The van der Waals surface area contributed by atoms with Gasteiger partial charge in [-0.05, 0) is 54.5 Å². The predicted molar refractivity (Wildman–Crippen MR) is 110 cm³/mol. The van der Waals surface area contributed by atoms with Crippen LogP contribution in [0.1, 0.15) is 42.0 Å². The van der Waals surface area contributed by atoms with Gasteiger partial charge in [0.1, 0.15) is 0 Å². The van der Waals surface area contributed by atoms with Gasteiger partial charge in [-0.2, -0.15) is 0 Å². The lowest BCUT2D eigenvalue weighted by molar-refractivity contribution is -0.149. The van der Waals surface area contributed by atoms with Crippen LogP contribution in [0.15, 0.2) is 48.5 Å². The molecule has 28 heavy (non-hydrogen) atoms. The third-order valence-electron chi connectivity index (χ3n) is 5.81. The number of piperazine rings is 1. The molecule has 0 saturated carbocycles. The molecule has 1 unspecified atom stereocenters. The molecule has 2 aromatic rings. The number of hydrogen-bond acceptors (Lipinski definition) is 2. The van der Waals surface area contributed by atoms with Gasteiger partial charge in [0.25, 0.3) is 0 Å². The van der Waals surface area contributed by atoms with Crippen molar-refractivity contribution in [3.05, 3.63) is 70.2 Å². The van der Waals surface area contributed by atoms with Crippen LogP contribution in [-0.2, 0) is 22.4 Å². The Kier molecular flexibility index (Phi) is 5.67. The molecular formula is C23H25ClN2O2. The van der Waals surface area contributed by atoms with E-state index in [0.717, 1.165) is 37.8 Å². The van der Waals surface area contributed by atoms with Gasteiger partial charge in [0, 0.05) is 24.5 Å². The maximum Gasteiger partial charge on any atom is 0.242 e. The minimum atomic E-state index is -0.0723. The van der Waals surface area contributed by atoms with Crippen molar-refractivity contribution in [1.82, 2.24) is 9.80 Å². The van der Waals surface area contributed by atoms with E-state index in [-0.39, 0.29) is 24.4 Å². The molecule has 2 aliphatic rings. The summed E-state index contributed by atoms with van der Waals surface area (Å²) in [4.78, 5) is 29.0. The lowest BCUT2D eigenvalue weighted by Gasteiger charge is -2.44. The third-order valence-corrected chi connectivity index (χ3v) is 6.04. The zero-order valence-corrected chi connectivity index (χ0v) is 16.7. The number of aryl methyl sites for hydroxylation is 1. The third kappa shape index (κ3) is 4.07. The molecule has 1 fully saturated rings. The normalized spacial score (nSPS) is 18.6. The number of carbonyl (C=O) groups is 2. The van der Waals surface area contributed by atoms with E-state index >= 15 is 0 Å². The highest BCUT2D eigenvalue weighted by molar-refractivity contribution is 6.30. The molecule has 2 aromatic carbocycles. The maximum absolute atomic E-state index is 12.7. The molecule has 5 heteroatoms. The predicted octanol–water partition coefficient (Wildman–Crippen LogP) is 4.02. The Balaban J connectivity index is 1.37. The van der Waals surface area contributed by atoms with Gasteiger partial charge in [-0.3, -0.25) is 9.59 Å². The molecule has 0 bridgehead atoms. The molecular weight excluding hydrogens is 372 g/mol. The summed E-state index contributed by atoms with van der Waals surface area (Å²) in [6.45, 7) is 1.48. The zero-order valence-electron chi connectivity index (χ0n) is 15.9. The summed E-state index contributed by atoms with van der Waals surface area (Å²) in [5.74, 6) is 0.120. The number of benzene rings is 2. The van der Waals surface area contributed by atoms with Crippen LogP contribution in [0.5, 0.6) is 0 Å². The Hall–Kier alpha value is -2.33. The fourth-order valence-electron chi connectivity index (χ4n) is 4.29. The van der Waals surface area contributed by atoms with Crippen LogP contribution in [0.2, 0.25) is 5.02 Å². The Morgan fingerprint density at radius 3 is 2.75 bits per heavy atom. The second kappa shape index (κ2) is 8.36. The van der Waals surface area contributed by atoms with Crippen LogP contribution in [0, 0.1) is 0 Å². The van der Waals surface area contributed by atoms with E-state index < -0.39 is 0 Å². The number of halogens is 1. The van der Waals surface area contributed by atoms with Gasteiger partial charge < -0.3 is 9.80 Å². The lowest BCUT2D eigenvalue weighted by Crippen LogP contribution is -2.55. The molecule has 0 aliphatic carbocycles. The molecule has 1 saturated heterocycles. The van der Waals surface area contributed by atoms with E-state index in [0.29, 0.717) is 18.0 Å². The van der Waals surface area contributed by atoms with E-state index in [1.165, 1.54) is 11.1 Å². The molecule has 4 nitrogen and oxygen atoms in total. The highest BCUT2D eigenvalue weighted by Gasteiger charge is 2.38. The molecule has 146 valence electrons. The first-order valence-corrected chi connectivity index (χ1v) is 10.4. The molecule has 0 spiro atoms. The van der Waals surface area contributed by atoms with Crippen LogP contribution in [-0.4, -0.2) is 41.2 Å². The number of rotatable bonds is 5. The van der Waals surface area contributed by atoms with Gasteiger partial charge in [0.15, 0.2) is 0 Å². The van der Waals surface area contributed by atoms with Crippen molar-refractivity contribution in [2.45, 2.75) is 38.1 Å². The van der Waals surface area contributed by atoms with Crippen molar-refractivity contribution in [3.8, 4) is 0 Å². The van der Waals surface area contributed by atoms with Crippen LogP contribution in [0.25, 0.3) is 0 Å². The summed E-state index contributed by atoms with van der Waals surface area (Å²) >= 11 is 6.19. The quantitative estimate of drug-likeness (QED) is 0.716. The van der Waals surface area contributed by atoms with Crippen molar-refractivity contribution >= 4 is 23.4 Å². The van der Waals surface area contributed by atoms with Crippen molar-refractivity contribution in [1.29, 1.82) is 0 Å². The molecule has 2 amide bonds. The molecule has 2 heterocycles. The van der Waals surface area contributed by atoms with E-state index in [1.807, 2.05) is 41.3 Å². The minimum Gasteiger partial charge on any atom is -0.332 e. The summed E-state index contributed by atoms with van der Waals surface area (Å²) in [7, 11) is 0. The van der Waals surface area contributed by atoms with Crippen molar-refractivity contribution in [3.63, 3.8) is 0 Å². The average Bonchev–Trinajstić information content (AvgIpc) is 2.71. The smallest absolute Gasteiger partial charge is 0.242 e. The van der Waals surface area contributed by atoms with Crippen molar-refractivity contribution < 1.29 is 9.59 Å². The van der Waals surface area contributed by atoms with Crippen LogP contribution < -0.4 is 0 Å². The lowest BCUT2D eigenvalue weighted by atomic mass is 9.90. The summed E-state index contributed by atoms with van der Waals surface area (Å²) in [5.41, 5.74) is 3.62. The SMILES string of the molecule is O=C(CCCCc1ccccc1)N1CC(=O)N2CCc3ccc(Cl)cc3C2C1. The summed E-state index contributed by atoms with van der Waals surface area (Å²) < 4.78 is 0. The number of unbranched alkanes of at least 4 members (excludes halogenated alkanes) is 1. The largest absolute Gasteiger partial charge is 0.332 e. The monoisotopic (exact) mass is 396 g/mol. The van der Waals surface area contributed by atoms with E-state index in [9.17, 15) is 9.59 Å². The van der Waals surface area contributed by atoms with E-state index in [4.69, 9.17) is 11.6 Å². The molecule has 1 atom stereocenters. The molecule has 4 rings (SSSR count). The first kappa shape index (κ1) is 19.0. The standard InChI is InChI=1S/C23H25ClN2O2/c24-19-11-10-18-12-13-26-21(20(18)14-19)15-25(16-23(26)28)22(27)9-5-4-8-17-6-2-1-3-7-17/h1-3,6-7,10-11,14,21H,4-5,8-9,12-13,15-16H2. The van der Waals surface area contributed by atoms with Gasteiger partial charge >= 0.3 is 0 Å². The van der Waals surface area contributed by atoms with Crippen LogP contribution >= 0.6 is 11.6 Å². The van der Waals surface area contributed by atoms with E-state index in [2.05, 4.69) is 12.1 Å². The maximum atomic E-state index is 12.7. The second-order valence-corrected chi connectivity index (χ2v) is 8.10. The number of nitrogens with zero attached hydrogens (tertiary/aromatic N) is 2. The first-order valence-electron chi connectivity index (χ1n) is 10.0. The average molecular weight is 397 g/mol. The van der Waals surface area contributed by atoms with Gasteiger partial charge in [0.2, 0.25) is 11.8 Å². The summed E-state index contributed by atoms with van der Waals surface area (Å²) in [6, 6.07) is 16.2. The Morgan fingerprint density at radius 2 is 1.93 bits per heavy atom. The zero-order chi connectivity index (χ0) is 19.5. The first-order chi connectivity index (χ1) is 13.6. The van der Waals surface area contributed by atoms with Crippen LogP contribution in [0.3, 0.4) is 0 Å². The fraction of sp³-hybridized carbons (Fsp3) is 0.391. The number of amides is 2. The van der Waals surface area contributed by atoms with Gasteiger partial charge in [-0.25, -0.2) is 0 Å². The van der Waals surface area contributed by atoms with Crippen molar-refractivity contribution in [2.24, 2.45) is 0 Å².